The lowest BCUT2D eigenvalue weighted by molar-refractivity contribution is -0.157. The van der Waals surface area contributed by atoms with Crippen molar-refractivity contribution in [2.24, 2.45) is 5.41 Å². The number of likely N-dealkylation sites (tertiary alicyclic amines) is 1. The Morgan fingerprint density at radius 1 is 1.59 bits per heavy atom. The molecule has 96 valence electrons. The highest BCUT2D eigenvalue weighted by molar-refractivity contribution is 5.87. The van der Waals surface area contributed by atoms with Crippen LogP contribution in [0.25, 0.3) is 0 Å². The van der Waals surface area contributed by atoms with E-state index in [9.17, 15) is 9.59 Å². The van der Waals surface area contributed by atoms with E-state index in [1.165, 1.54) is 7.11 Å². The lowest BCUT2D eigenvalue weighted by atomic mass is 9.85. The molecule has 0 spiro atoms. The van der Waals surface area contributed by atoms with E-state index in [1.807, 2.05) is 20.8 Å². The van der Waals surface area contributed by atoms with Crippen molar-refractivity contribution < 1.29 is 14.3 Å². The summed E-state index contributed by atoms with van der Waals surface area (Å²) in [6.07, 6.45) is 2.93. The molecular formula is C13H21NO3. The van der Waals surface area contributed by atoms with Gasteiger partial charge in [0, 0.05) is 6.42 Å². The molecule has 1 rings (SSSR count). The van der Waals surface area contributed by atoms with Crippen molar-refractivity contribution in [2.45, 2.75) is 45.7 Å². The molecule has 1 aliphatic rings. The minimum Gasteiger partial charge on any atom is -0.467 e. The third-order valence-corrected chi connectivity index (χ3v) is 3.09. The number of amides is 1. The molecule has 4 heteroatoms. The normalized spacial score (nSPS) is 22.5. The van der Waals surface area contributed by atoms with Gasteiger partial charge in [-0.25, -0.2) is 4.79 Å². The third-order valence-electron chi connectivity index (χ3n) is 3.09. The number of carbonyl (C=O) groups is 2. The van der Waals surface area contributed by atoms with Gasteiger partial charge in [-0.05, 0) is 11.8 Å². The molecule has 1 saturated heterocycles. The summed E-state index contributed by atoms with van der Waals surface area (Å²) in [6.45, 7) is 9.52. The van der Waals surface area contributed by atoms with Crippen LogP contribution < -0.4 is 0 Å². The van der Waals surface area contributed by atoms with Crippen molar-refractivity contribution in [3.8, 4) is 0 Å². The van der Waals surface area contributed by atoms with Crippen molar-refractivity contribution in [1.82, 2.24) is 4.90 Å². The number of carbonyl (C=O) groups excluding carboxylic acids is 2. The summed E-state index contributed by atoms with van der Waals surface area (Å²) in [4.78, 5) is 25.4. The lowest BCUT2D eigenvalue weighted by Crippen LogP contribution is -2.53. The van der Waals surface area contributed by atoms with Crippen molar-refractivity contribution >= 4 is 11.9 Å². The highest BCUT2D eigenvalue weighted by Gasteiger charge is 2.44. The lowest BCUT2D eigenvalue weighted by Gasteiger charge is -2.38. The summed E-state index contributed by atoms with van der Waals surface area (Å²) in [5.41, 5.74) is -0.353. The summed E-state index contributed by atoms with van der Waals surface area (Å²) < 4.78 is 4.83. The Labute approximate surface area is 103 Å². The highest BCUT2D eigenvalue weighted by atomic mass is 16.5. The first kappa shape index (κ1) is 13.7. The Bertz CT molecular complexity index is 330. The Morgan fingerprint density at radius 2 is 2.18 bits per heavy atom. The van der Waals surface area contributed by atoms with Gasteiger partial charge < -0.3 is 9.64 Å². The maximum Gasteiger partial charge on any atom is 0.329 e. The number of hydrogen-bond acceptors (Lipinski definition) is 3. The van der Waals surface area contributed by atoms with Gasteiger partial charge in [-0.2, -0.15) is 0 Å². The van der Waals surface area contributed by atoms with Crippen molar-refractivity contribution in [3.05, 3.63) is 12.7 Å². The number of hydrogen-bond donors (Lipinski definition) is 0. The van der Waals surface area contributed by atoms with E-state index in [0.29, 0.717) is 6.42 Å². The van der Waals surface area contributed by atoms with E-state index in [4.69, 9.17) is 4.74 Å². The quantitative estimate of drug-likeness (QED) is 0.557. The molecule has 1 heterocycles. The van der Waals surface area contributed by atoms with Crippen molar-refractivity contribution in [3.63, 3.8) is 0 Å². The molecule has 1 fully saturated rings. The Balaban J connectivity index is 3.08. The average Bonchev–Trinajstić information content (AvgIpc) is 2.58. The van der Waals surface area contributed by atoms with Gasteiger partial charge in [0.15, 0.2) is 0 Å². The van der Waals surface area contributed by atoms with Gasteiger partial charge in [-0.15, -0.1) is 6.58 Å². The number of rotatable bonds is 3. The molecule has 0 aromatic rings. The molecule has 0 bridgehead atoms. The molecule has 0 saturated carbocycles. The SMILES string of the molecule is C=C[C@H]1CCC(=O)N1C(C(=O)OC)C(C)(C)C. The first-order chi connectivity index (χ1) is 7.82. The average molecular weight is 239 g/mol. The fourth-order valence-corrected chi connectivity index (χ4v) is 2.29. The molecule has 1 unspecified atom stereocenters. The summed E-state index contributed by atoms with van der Waals surface area (Å²) in [6, 6.07) is -0.615. The fraction of sp³-hybridized carbons (Fsp3) is 0.692. The summed E-state index contributed by atoms with van der Waals surface area (Å²) in [7, 11) is 1.35. The molecule has 0 radical (unpaired) electrons. The van der Waals surface area contributed by atoms with Crippen LogP contribution in [0.5, 0.6) is 0 Å². The molecule has 0 aromatic heterocycles. The standard InChI is InChI=1S/C13H21NO3/c1-6-9-7-8-10(15)14(9)11(12(16)17-5)13(2,3)4/h6,9,11H,1,7-8H2,2-5H3/t9-,11?/m0/s1. The molecular weight excluding hydrogens is 218 g/mol. The van der Waals surface area contributed by atoms with Gasteiger partial charge >= 0.3 is 5.97 Å². The van der Waals surface area contributed by atoms with Crippen molar-refractivity contribution in [1.29, 1.82) is 0 Å². The largest absolute Gasteiger partial charge is 0.467 e. The van der Waals surface area contributed by atoms with Crippen LogP contribution in [0.4, 0.5) is 0 Å². The maximum absolute atomic E-state index is 11.9. The van der Waals surface area contributed by atoms with E-state index in [2.05, 4.69) is 6.58 Å². The van der Waals surface area contributed by atoms with Gasteiger partial charge in [-0.3, -0.25) is 4.79 Å². The zero-order valence-corrected chi connectivity index (χ0v) is 11.0. The third kappa shape index (κ3) is 2.68. The summed E-state index contributed by atoms with van der Waals surface area (Å²) >= 11 is 0. The molecule has 0 N–H and O–H groups in total. The van der Waals surface area contributed by atoms with Gasteiger partial charge in [-0.1, -0.05) is 26.8 Å². The summed E-state index contributed by atoms with van der Waals surface area (Å²) in [5.74, 6) is -0.361. The van der Waals surface area contributed by atoms with Crippen LogP contribution in [-0.4, -0.2) is 36.0 Å². The Kier molecular flexibility index (Phi) is 3.96. The van der Waals surface area contributed by atoms with Gasteiger partial charge in [0.05, 0.1) is 13.2 Å². The Hall–Kier alpha value is -1.32. The minimum atomic E-state index is -0.550. The molecule has 17 heavy (non-hydrogen) atoms. The van der Waals surface area contributed by atoms with E-state index in [-0.39, 0.29) is 23.3 Å². The fourth-order valence-electron chi connectivity index (χ4n) is 2.29. The van der Waals surface area contributed by atoms with E-state index < -0.39 is 6.04 Å². The van der Waals surface area contributed by atoms with Crippen LogP contribution in [-0.2, 0) is 14.3 Å². The molecule has 0 aliphatic carbocycles. The molecule has 0 aromatic carbocycles. The zero-order valence-electron chi connectivity index (χ0n) is 11.0. The molecule has 1 aliphatic heterocycles. The van der Waals surface area contributed by atoms with Crippen molar-refractivity contribution in [2.75, 3.05) is 7.11 Å². The maximum atomic E-state index is 11.9. The second-order valence-electron chi connectivity index (χ2n) is 5.43. The zero-order chi connectivity index (χ0) is 13.2. The second kappa shape index (κ2) is 4.90. The highest BCUT2D eigenvalue weighted by Crippen LogP contribution is 2.32. The first-order valence-corrected chi connectivity index (χ1v) is 5.84. The van der Waals surface area contributed by atoms with Gasteiger partial charge in [0.2, 0.25) is 5.91 Å². The van der Waals surface area contributed by atoms with Crippen LogP contribution in [0.1, 0.15) is 33.6 Å². The van der Waals surface area contributed by atoms with Crippen LogP contribution in [0.15, 0.2) is 12.7 Å². The minimum absolute atomic E-state index is 0.000208. The number of esters is 1. The molecule has 1 amide bonds. The monoisotopic (exact) mass is 239 g/mol. The predicted molar refractivity (Wildman–Crippen MR) is 65.3 cm³/mol. The van der Waals surface area contributed by atoms with Gasteiger partial charge in [0.25, 0.3) is 0 Å². The first-order valence-electron chi connectivity index (χ1n) is 5.84. The van der Waals surface area contributed by atoms with E-state index in [1.54, 1.807) is 11.0 Å². The van der Waals surface area contributed by atoms with Crippen LogP contribution in [0.2, 0.25) is 0 Å². The number of nitrogens with zero attached hydrogens (tertiary/aromatic N) is 1. The number of methoxy groups -OCH3 is 1. The van der Waals surface area contributed by atoms with Gasteiger partial charge in [0.1, 0.15) is 6.04 Å². The number of ether oxygens (including phenoxy) is 1. The molecule has 4 nitrogen and oxygen atoms in total. The van der Waals surface area contributed by atoms with Crippen LogP contribution >= 0.6 is 0 Å². The second-order valence-corrected chi connectivity index (χ2v) is 5.43. The van der Waals surface area contributed by atoms with Crippen LogP contribution in [0.3, 0.4) is 0 Å². The van der Waals surface area contributed by atoms with Crippen LogP contribution in [0, 0.1) is 5.41 Å². The smallest absolute Gasteiger partial charge is 0.329 e. The molecule has 2 atom stereocenters. The Morgan fingerprint density at radius 3 is 2.59 bits per heavy atom. The summed E-state index contributed by atoms with van der Waals surface area (Å²) in [5, 5.41) is 0. The van der Waals surface area contributed by atoms with E-state index >= 15 is 0 Å². The van der Waals surface area contributed by atoms with E-state index in [0.717, 1.165) is 6.42 Å². The predicted octanol–water partition coefficient (Wildman–Crippen LogP) is 1.75. The topological polar surface area (TPSA) is 46.6 Å².